The van der Waals surface area contributed by atoms with Gasteiger partial charge in [0, 0.05) is 31.1 Å². The molecule has 2 rings (SSSR count). The largest absolute Gasteiger partial charge is 0.380 e. The molecule has 3 nitrogen and oxygen atoms in total. The third-order valence-electron chi connectivity index (χ3n) is 2.62. The maximum atomic E-state index is 13.2. The summed E-state index contributed by atoms with van der Waals surface area (Å²) < 4.78 is 39.0. The third kappa shape index (κ3) is 2.69. The highest BCUT2D eigenvalue weighted by molar-refractivity contribution is 5.78. The van der Waals surface area contributed by atoms with E-state index in [1.807, 2.05) is 0 Å². The topological polar surface area (TPSA) is 41.1 Å². The highest BCUT2D eigenvalue weighted by Crippen LogP contribution is 2.19. The maximum absolute atomic E-state index is 13.2. The lowest BCUT2D eigenvalue weighted by atomic mass is 10.2. The number of nitrogens with one attached hydrogen (secondary N) is 2. The lowest BCUT2D eigenvalue weighted by molar-refractivity contribution is -0.119. The third-order valence-corrected chi connectivity index (χ3v) is 2.62. The first kappa shape index (κ1) is 11.8. The number of hydrogen-bond acceptors (Lipinski definition) is 2. The van der Waals surface area contributed by atoms with Crippen LogP contribution in [-0.2, 0) is 4.79 Å². The molecule has 1 unspecified atom stereocenters. The summed E-state index contributed by atoms with van der Waals surface area (Å²) in [4.78, 5) is 10.9. The molecular weight excluding hydrogens is 233 g/mol. The number of hydrogen-bond donors (Lipinski definition) is 2. The Hall–Kier alpha value is -1.72. The van der Waals surface area contributed by atoms with Crippen molar-refractivity contribution in [2.45, 2.75) is 18.9 Å². The summed E-state index contributed by atoms with van der Waals surface area (Å²) in [5.41, 5.74) is -0.233. The van der Waals surface area contributed by atoms with Crippen molar-refractivity contribution in [3.8, 4) is 0 Å². The first-order chi connectivity index (χ1) is 8.06. The van der Waals surface area contributed by atoms with Gasteiger partial charge in [-0.15, -0.1) is 0 Å². The van der Waals surface area contributed by atoms with Gasteiger partial charge in [0.15, 0.2) is 11.6 Å². The zero-order valence-corrected chi connectivity index (χ0v) is 8.90. The van der Waals surface area contributed by atoms with Crippen LogP contribution in [0.15, 0.2) is 12.1 Å². The van der Waals surface area contributed by atoms with Gasteiger partial charge in [-0.2, -0.15) is 0 Å². The molecule has 1 atom stereocenters. The molecule has 0 saturated carbocycles. The fraction of sp³-hybridized carbons (Fsp3) is 0.364. The Bertz CT molecular complexity index is 451. The van der Waals surface area contributed by atoms with Gasteiger partial charge in [-0.05, 0) is 6.42 Å². The van der Waals surface area contributed by atoms with Gasteiger partial charge >= 0.3 is 0 Å². The molecule has 1 fully saturated rings. The second-order valence-electron chi connectivity index (χ2n) is 3.93. The molecule has 1 aliphatic rings. The summed E-state index contributed by atoms with van der Waals surface area (Å²) in [5.74, 6) is -3.26. The van der Waals surface area contributed by atoms with Crippen LogP contribution < -0.4 is 10.6 Å². The number of carbonyl (C=O) groups excluding carboxylic acids is 1. The summed E-state index contributed by atoms with van der Waals surface area (Å²) in [5, 5.41) is 5.25. The molecule has 1 amide bonds. The highest BCUT2D eigenvalue weighted by Gasteiger charge is 2.21. The van der Waals surface area contributed by atoms with Gasteiger partial charge in [-0.3, -0.25) is 4.79 Å². The van der Waals surface area contributed by atoms with Gasteiger partial charge in [0.05, 0.1) is 5.69 Å². The van der Waals surface area contributed by atoms with E-state index in [0.717, 1.165) is 6.07 Å². The number of carbonyl (C=O) groups is 1. The number of benzene rings is 1. The van der Waals surface area contributed by atoms with E-state index in [2.05, 4.69) is 10.6 Å². The van der Waals surface area contributed by atoms with Crippen molar-refractivity contribution in [2.24, 2.45) is 0 Å². The van der Waals surface area contributed by atoms with E-state index in [-0.39, 0.29) is 24.2 Å². The van der Waals surface area contributed by atoms with Gasteiger partial charge in [0.1, 0.15) is 5.82 Å². The zero-order chi connectivity index (χ0) is 12.4. The van der Waals surface area contributed by atoms with E-state index in [4.69, 9.17) is 0 Å². The quantitative estimate of drug-likeness (QED) is 0.796. The molecule has 0 spiro atoms. The molecule has 0 aliphatic carbocycles. The lowest BCUT2D eigenvalue weighted by Gasteiger charge is -2.13. The van der Waals surface area contributed by atoms with Crippen LogP contribution in [0.25, 0.3) is 0 Å². The van der Waals surface area contributed by atoms with Gasteiger partial charge < -0.3 is 10.6 Å². The molecule has 0 bridgehead atoms. The average Bonchev–Trinajstić information content (AvgIpc) is 2.67. The normalized spacial score (nSPS) is 19.2. The summed E-state index contributed by atoms with van der Waals surface area (Å²) in [7, 11) is 0. The summed E-state index contributed by atoms with van der Waals surface area (Å²) in [6, 6.07) is 1.24. The molecule has 1 heterocycles. The summed E-state index contributed by atoms with van der Waals surface area (Å²) >= 11 is 0. The first-order valence-corrected chi connectivity index (χ1v) is 5.24. The fourth-order valence-corrected chi connectivity index (χ4v) is 1.75. The average molecular weight is 244 g/mol. The van der Waals surface area contributed by atoms with E-state index in [1.165, 1.54) is 0 Å². The second kappa shape index (κ2) is 4.65. The molecule has 1 aromatic carbocycles. The molecule has 1 aromatic rings. The highest BCUT2D eigenvalue weighted by atomic mass is 19.2. The maximum Gasteiger partial charge on any atom is 0.220 e. The molecule has 92 valence electrons. The van der Waals surface area contributed by atoms with Crippen molar-refractivity contribution < 1.29 is 18.0 Å². The van der Waals surface area contributed by atoms with Crippen LogP contribution >= 0.6 is 0 Å². The summed E-state index contributed by atoms with van der Waals surface area (Å²) in [6.07, 6.45) is 1.05. The van der Waals surface area contributed by atoms with Crippen molar-refractivity contribution in [2.75, 3.05) is 11.9 Å². The van der Waals surface area contributed by atoms with Gasteiger partial charge in [0.25, 0.3) is 0 Å². The lowest BCUT2D eigenvalue weighted by Crippen LogP contribution is -2.32. The Kier molecular flexibility index (Phi) is 3.21. The van der Waals surface area contributed by atoms with Crippen LogP contribution in [0.1, 0.15) is 12.8 Å². The van der Waals surface area contributed by atoms with Crippen LogP contribution in [-0.4, -0.2) is 18.5 Å². The smallest absolute Gasteiger partial charge is 0.220 e. The second-order valence-corrected chi connectivity index (χ2v) is 3.93. The van der Waals surface area contributed by atoms with Gasteiger partial charge in [-0.1, -0.05) is 0 Å². The number of rotatable bonds is 3. The molecule has 6 heteroatoms. The Morgan fingerprint density at radius 1 is 1.35 bits per heavy atom. The molecule has 0 aromatic heterocycles. The van der Waals surface area contributed by atoms with E-state index in [0.29, 0.717) is 18.9 Å². The van der Waals surface area contributed by atoms with Crippen molar-refractivity contribution in [1.29, 1.82) is 0 Å². The van der Waals surface area contributed by atoms with Crippen LogP contribution in [0.5, 0.6) is 0 Å². The predicted octanol–water partition coefficient (Wildman–Crippen LogP) is 1.79. The van der Waals surface area contributed by atoms with Gasteiger partial charge in [-0.25, -0.2) is 13.2 Å². The van der Waals surface area contributed by atoms with Gasteiger partial charge in [0.2, 0.25) is 5.91 Å². The van der Waals surface area contributed by atoms with Crippen molar-refractivity contribution >= 4 is 11.6 Å². The Morgan fingerprint density at radius 3 is 2.76 bits per heavy atom. The van der Waals surface area contributed by atoms with E-state index < -0.39 is 17.5 Å². The fourth-order valence-electron chi connectivity index (χ4n) is 1.75. The summed E-state index contributed by atoms with van der Waals surface area (Å²) in [6.45, 7) is 0.242. The van der Waals surface area contributed by atoms with Crippen molar-refractivity contribution in [1.82, 2.24) is 5.32 Å². The van der Waals surface area contributed by atoms with Crippen molar-refractivity contribution in [3.63, 3.8) is 0 Å². The molecule has 1 aliphatic heterocycles. The van der Waals surface area contributed by atoms with Crippen LogP contribution in [0.4, 0.5) is 18.9 Å². The Labute approximate surface area is 96.0 Å². The Morgan fingerprint density at radius 2 is 2.12 bits per heavy atom. The number of anilines is 1. The molecule has 1 saturated heterocycles. The number of halogens is 3. The standard InChI is InChI=1S/C11H11F3N2O/c12-6-3-8(13)11(14)9(4-6)15-5-7-1-2-10(17)16-7/h3-4,7,15H,1-2,5H2,(H,16,17). The van der Waals surface area contributed by atoms with E-state index in [1.54, 1.807) is 0 Å². The predicted molar refractivity (Wildman–Crippen MR) is 56.0 cm³/mol. The molecule has 2 N–H and O–H groups in total. The first-order valence-electron chi connectivity index (χ1n) is 5.24. The SMILES string of the molecule is O=C1CCC(CNc2cc(F)cc(F)c2F)N1. The molecule has 0 radical (unpaired) electrons. The minimum Gasteiger partial charge on any atom is -0.380 e. The van der Waals surface area contributed by atoms with Crippen molar-refractivity contribution in [3.05, 3.63) is 29.6 Å². The van der Waals surface area contributed by atoms with Crippen LogP contribution in [0.3, 0.4) is 0 Å². The van der Waals surface area contributed by atoms with Crippen LogP contribution in [0, 0.1) is 17.5 Å². The van der Waals surface area contributed by atoms with E-state index in [9.17, 15) is 18.0 Å². The monoisotopic (exact) mass is 244 g/mol. The minimum atomic E-state index is -1.23. The molecular formula is C11H11F3N2O. The molecule has 17 heavy (non-hydrogen) atoms. The number of amides is 1. The Balaban J connectivity index is 2.01. The minimum absolute atomic E-state index is 0.0669. The van der Waals surface area contributed by atoms with Crippen LogP contribution in [0.2, 0.25) is 0 Å². The van der Waals surface area contributed by atoms with E-state index >= 15 is 0 Å². The zero-order valence-electron chi connectivity index (χ0n) is 8.90.